The predicted molar refractivity (Wildman–Crippen MR) is 86.5 cm³/mol. The van der Waals surface area contributed by atoms with Crippen molar-refractivity contribution >= 4 is 6.72 Å². The fraction of sp³-hybridized carbons (Fsp3) is 0.500. The normalized spacial score (nSPS) is 18.5. The molecule has 1 nitrogen and oxygen atoms in total. The van der Waals surface area contributed by atoms with E-state index in [0.717, 1.165) is 6.42 Å². The highest BCUT2D eigenvalue weighted by atomic mass is 14.6. The monoisotopic (exact) mass is 257 g/mol. The molecule has 1 aliphatic rings. The second-order valence-electron chi connectivity index (χ2n) is 6.13. The zero-order valence-corrected chi connectivity index (χ0v) is 12.8. The van der Waals surface area contributed by atoms with Crippen LogP contribution < -0.4 is 0 Å². The van der Waals surface area contributed by atoms with Crippen molar-refractivity contribution < 1.29 is 0 Å². The fourth-order valence-electron chi connectivity index (χ4n) is 2.86. The molecule has 0 saturated heterocycles. The van der Waals surface area contributed by atoms with Crippen LogP contribution in [0.1, 0.15) is 47.0 Å². The molecule has 0 bridgehead atoms. The van der Waals surface area contributed by atoms with Crippen molar-refractivity contribution in [1.82, 2.24) is 0 Å². The molecular formula is C18H27N. The van der Waals surface area contributed by atoms with Crippen molar-refractivity contribution in [2.45, 2.75) is 47.0 Å². The van der Waals surface area contributed by atoms with Gasteiger partial charge in [-0.2, -0.15) is 0 Å². The number of hydrogen-bond acceptors (Lipinski definition) is 1. The SMILES string of the molecule is C=N/C=C\C=C(/CC)C(C1=CC=CCC1)C(C)(C)C. The maximum atomic E-state index is 3.78. The zero-order chi connectivity index (χ0) is 14.3. The highest BCUT2D eigenvalue weighted by Crippen LogP contribution is 2.41. The summed E-state index contributed by atoms with van der Waals surface area (Å²) < 4.78 is 0. The lowest BCUT2D eigenvalue weighted by molar-refractivity contribution is 0.306. The van der Waals surface area contributed by atoms with Gasteiger partial charge in [-0.1, -0.05) is 63.1 Å². The van der Waals surface area contributed by atoms with Crippen LogP contribution in [0.2, 0.25) is 0 Å². The minimum absolute atomic E-state index is 0.244. The Hall–Kier alpha value is -1.37. The smallest absolute Gasteiger partial charge is 0.0260 e. The van der Waals surface area contributed by atoms with Gasteiger partial charge in [-0.3, -0.25) is 4.99 Å². The summed E-state index contributed by atoms with van der Waals surface area (Å²) in [5.74, 6) is 0.511. The molecule has 0 heterocycles. The molecule has 0 amide bonds. The van der Waals surface area contributed by atoms with Gasteiger partial charge in [0.2, 0.25) is 0 Å². The molecule has 0 saturated carbocycles. The Bertz CT molecular complexity index is 413. The Balaban J connectivity index is 3.11. The standard InChI is InChI=1S/C18H27N/c1-6-15(13-10-14-19-5)17(18(2,3)4)16-11-8-7-9-12-16/h7-8,10-11,13-14,17H,5-6,9,12H2,1-4H3/b14-10-,15-13+. The average Bonchev–Trinajstić information content (AvgIpc) is 2.37. The summed E-state index contributed by atoms with van der Waals surface area (Å²) in [7, 11) is 0. The lowest BCUT2D eigenvalue weighted by Crippen LogP contribution is -2.25. The van der Waals surface area contributed by atoms with Crippen molar-refractivity contribution in [3.63, 3.8) is 0 Å². The summed E-state index contributed by atoms with van der Waals surface area (Å²) in [4.78, 5) is 3.78. The van der Waals surface area contributed by atoms with Crippen molar-refractivity contribution in [3.05, 3.63) is 47.7 Å². The van der Waals surface area contributed by atoms with Gasteiger partial charge in [0.25, 0.3) is 0 Å². The molecule has 0 aromatic carbocycles. The number of aliphatic imine (C=N–C) groups is 1. The van der Waals surface area contributed by atoms with Crippen LogP contribution in [0.5, 0.6) is 0 Å². The lowest BCUT2D eigenvalue weighted by Gasteiger charge is -2.35. The van der Waals surface area contributed by atoms with Crippen LogP contribution in [0.25, 0.3) is 0 Å². The minimum atomic E-state index is 0.244. The average molecular weight is 257 g/mol. The molecule has 104 valence electrons. The molecule has 0 aromatic heterocycles. The first-order valence-corrected chi connectivity index (χ1v) is 7.17. The summed E-state index contributed by atoms with van der Waals surface area (Å²) >= 11 is 0. The fourth-order valence-corrected chi connectivity index (χ4v) is 2.86. The van der Waals surface area contributed by atoms with Gasteiger partial charge < -0.3 is 0 Å². The van der Waals surface area contributed by atoms with Gasteiger partial charge in [0.15, 0.2) is 0 Å². The third kappa shape index (κ3) is 4.66. The summed E-state index contributed by atoms with van der Waals surface area (Å²) in [6.45, 7) is 12.7. The van der Waals surface area contributed by atoms with Gasteiger partial charge in [-0.15, -0.1) is 0 Å². The van der Waals surface area contributed by atoms with Crippen LogP contribution in [0, 0.1) is 11.3 Å². The van der Waals surface area contributed by atoms with Crippen molar-refractivity contribution in [2.75, 3.05) is 0 Å². The molecule has 1 rings (SSSR count). The van der Waals surface area contributed by atoms with Crippen LogP contribution in [-0.2, 0) is 0 Å². The molecule has 0 N–H and O–H groups in total. The first-order valence-electron chi connectivity index (χ1n) is 7.17. The molecule has 1 aliphatic carbocycles. The van der Waals surface area contributed by atoms with Gasteiger partial charge in [-0.25, -0.2) is 0 Å². The van der Waals surface area contributed by atoms with Crippen LogP contribution in [0.4, 0.5) is 0 Å². The van der Waals surface area contributed by atoms with Crippen molar-refractivity contribution in [3.8, 4) is 0 Å². The van der Waals surface area contributed by atoms with Crippen LogP contribution in [-0.4, -0.2) is 6.72 Å². The quantitative estimate of drug-likeness (QED) is 0.457. The summed E-state index contributed by atoms with van der Waals surface area (Å²) in [5, 5.41) is 0. The van der Waals surface area contributed by atoms with Gasteiger partial charge in [0.1, 0.15) is 0 Å². The Morgan fingerprint density at radius 1 is 1.47 bits per heavy atom. The van der Waals surface area contributed by atoms with Gasteiger partial charge in [-0.05, 0) is 37.5 Å². The third-order valence-electron chi connectivity index (χ3n) is 3.56. The summed E-state index contributed by atoms with van der Waals surface area (Å²) in [6.07, 6.45) is 16.1. The molecule has 0 radical (unpaired) electrons. The van der Waals surface area contributed by atoms with E-state index in [9.17, 15) is 0 Å². The van der Waals surface area contributed by atoms with Crippen LogP contribution >= 0.6 is 0 Å². The van der Waals surface area contributed by atoms with Gasteiger partial charge >= 0.3 is 0 Å². The Kier molecular flexibility index (Phi) is 6.01. The first-order chi connectivity index (χ1) is 9.00. The lowest BCUT2D eigenvalue weighted by atomic mass is 9.69. The molecule has 1 unspecified atom stereocenters. The molecule has 0 spiro atoms. The number of nitrogens with zero attached hydrogens (tertiary/aromatic N) is 1. The molecule has 1 heteroatoms. The zero-order valence-electron chi connectivity index (χ0n) is 12.8. The second kappa shape index (κ2) is 7.28. The topological polar surface area (TPSA) is 12.4 Å². The molecule has 1 atom stereocenters. The number of rotatable bonds is 5. The van der Waals surface area contributed by atoms with Crippen molar-refractivity contribution in [1.29, 1.82) is 0 Å². The van der Waals surface area contributed by atoms with Crippen LogP contribution in [0.3, 0.4) is 0 Å². The second-order valence-corrected chi connectivity index (χ2v) is 6.13. The molecule has 19 heavy (non-hydrogen) atoms. The van der Waals surface area contributed by atoms with E-state index in [4.69, 9.17) is 0 Å². The molecule has 0 aliphatic heterocycles. The van der Waals surface area contributed by atoms with E-state index < -0.39 is 0 Å². The van der Waals surface area contributed by atoms with Crippen molar-refractivity contribution in [2.24, 2.45) is 16.3 Å². The number of hydrogen-bond donors (Lipinski definition) is 0. The van der Waals surface area contributed by atoms with E-state index in [-0.39, 0.29) is 5.41 Å². The Morgan fingerprint density at radius 2 is 2.21 bits per heavy atom. The summed E-state index contributed by atoms with van der Waals surface area (Å²) in [6, 6.07) is 0. The van der Waals surface area contributed by atoms with Gasteiger partial charge in [0.05, 0.1) is 0 Å². The van der Waals surface area contributed by atoms with Crippen LogP contribution in [0.15, 0.2) is 52.7 Å². The third-order valence-corrected chi connectivity index (χ3v) is 3.56. The van der Waals surface area contributed by atoms with E-state index >= 15 is 0 Å². The van der Waals surface area contributed by atoms with Gasteiger partial charge in [0, 0.05) is 12.1 Å². The number of allylic oxidation sites excluding steroid dienone is 7. The maximum absolute atomic E-state index is 3.78. The van der Waals surface area contributed by atoms with E-state index in [1.165, 1.54) is 18.4 Å². The van der Waals surface area contributed by atoms with E-state index in [1.54, 1.807) is 11.8 Å². The Morgan fingerprint density at radius 3 is 2.68 bits per heavy atom. The first kappa shape index (κ1) is 15.7. The van der Waals surface area contributed by atoms with E-state index in [1.807, 2.05) is 6.08 Å². The molecule has 0 fully saturated rings. The highest BCUT2D eigenvalue weighted by Gasteiger charge is 2.30. The van der Waals surface area contributed by atoms with E-state index in [2.05, 4.69) is 63.7 Å². The summed E-state index contributed by atoms with van der Waals surface area (Å²) in [5.41, 5.74) is 3.28. The highest BCUT2D eigenvalue weighted by molar-refractivity contribution is 5.32. The maximum Gasteiger partial charge on any atom is 0.0260 e. The minimum Gasteiger partial charge on any atom is -0.273 e. The Labute approximate surface area is 118 Å². The largest absolute Gasteiger partial charge is 0.273 e. The predicted octanol–water partition coefficient (Wildman–Crippen LogP) is 5.48. The van der Waals surface area contributed by atoms with E-state index in [0.29, 0.717) is 5.92 Å². The molecular weight excluding hydrogens is 230 g/mol. The molecule has 0 aromatic rings.